The molecule has 4 nitrogen and oxygen atoms in total. The van der Waals surface area contributed by atoms with Gasteiger partial charge in [-0.05, 0) is 36.2 Å². The number of rotatable bonds is 2. The van der Waals surface area contributed by atoms with Gasteiger partial charge in [-0.25, -0.2) is 4.79 Å². The molecular formula is C17H28N2O2. The summed E-state index contributed by atoms with van der Waals surface area (Å²) in [5.74, 6) is -0.855. The fourth-order valence-corrected chi connectivity index (χ4v) is 2.41. The third kappa shape index (κ3) is 4.21. The van der Waals surface area contributed by atoms with E-state index in [4.69, 9.17) is 0 Å². The van der Waals surface area contributed by atoms with Crippen LogP contribution >= 0.6 is 0 Å². The lowest BCUT2D eigenvalue weighted by atomic mass is 9.85. The van der Waals surface area contributed by atoms with Crippen LogP contribution in [0.25, 0.3) is 0 Å². The molecule has 0 radical (unpaired) electrons. The molecule has 1 fully saturated rings. The molecule has 1 N–H and O–H groups in total. The predicted octanol–water partition coefficient (Wildman–Crippen LogP) is 3.07. The monoisotopic (exact) mass is 292 g/mol. The number of carbonyl (C=O) groups is 1. The Kier molecular flexibility index (Phi) is 5.40. The molecule has 0 saturated carbocycles. The summed E-state index contributed by atoms with van der Waals surface area (Å²) in [6.07, 6.45) is 0. The van der Waals surface area contributed by atoms with Crippen LogP contribution in [0.5, 0.6) is 0 Å². The van der Waals surface area contributed by atoms with E-state index in [0.717, 1.165) is 37.4 Å². The fourth-order valence-electron chi connectivity index (χ4n) is 2.41. The lowest BCUT2D eigenvalue weighted by Gasteiger charge is -2.35. The second kappa shape index (κ2) is 6.48. The van der Waals surface area contributed by atoms with E-state index >= 15 is 0 Å². The molecule has 1 aliphatic heterocycles. The molecule has 0 bridgehead atoms. The molecule has 1 aromatic rings. The second-order valence-electron chi connectivity index (χ2n) is 6.61. The number of piperazine rings is 1. The molecule has 0 aliphatic carbocycles. The zero-order valence-electron chi connectivity index (χ0n) is 12.8. The topological polar surface area (TPSA) is 43.8 Å². The highest BCUT2D eigenvalue weighted by Gasteiger charge is 2.21. The van der Waals surface area contributed by atoms with Crippen molar-refractivity contribution in [1.82, 2.24) is 4.90 Å². The molecule has 2 rings (SSSR count). The minimum absolute atomic E-state index is 0. The number of carboxylic acid groups (broad SMARTS) is 1. The maximum absolute atomic E-state index is 11.3. The molecule has 0 atom stereocenters. The zero-order chi connectivity index (χ0) is 14.9. The minimum Gasteiger partial charge on any atom is -0.478 e. The molecule has 1 saturated heterocycles. The third-order valence-electron chi connectivity index (χ3n) is 3.90. The molecule has 0 spiro atoms. The summed E-state index contributed by atoms with van der Waals surface area (Å²) >= 11 is 0. The summed E-state index contributed by atoms with van der Waals surface area (Å²) in [5.41, 5.74) is 2.44. The van der Waals surface area contributed by atoms with E-state index in [2.05, 4.69) is 43.7 Å². The number of hydrogen-bond acceptors (Lipinski definition) is 3. The van der Waals surface area contributed by atoms with Crippen LogP contribution in [0.2, 0.25) is 0 Å². The molecule has 1 heterocycles. The average Bonchev–Trinajstić information content (AvgIpc) is 2.38. The Balaban J connectivity index is 0.00000220. The van der Waals surface area contributed by atoms with Crippen molar-refractivity contribution >= 4 is 11.7 Å². The summed E-state index contributed by atoms with van der Waals surface area (Å²) in [4.78, 5) is 15.9. The van der Waals surface area contributed by atoms with Crippen LogP contribution in [0.3, 0.4) is 0 Å². The summed E-state index contributed by atoms with van der Waals surface area (Å²) in [5, 5.41) is 9.31. The van der Waals surface area contributed by atoms with E-state index < -0.39 is 5.97 Å². The first kappa shape index (κ1) is 17.5. The standard InChI is InChI=1S/C16H24N2O2.CH4/c1-16(2,3)13-9-12(15(19)20)10-14(11-13)18-7-5-17(4)6-8-18;/h9-11H,5-8H2,1-4H3,(H,19,20);1H4. The van der Waals surface area contributed by atoms with Crippen LogP contribution in [0.1, 0.15) is 44.1 Å². The van der Waals surface area contributed by atoms with E-state index in [1.165, 1.54) is 0 Å². The lowest BCUT2D eigenvalue weighted by Crippen LogP contribution is -2.44. The first-order valence-electron chi connectivity index (χ1n) is 7.10. The Hall–Kier alpha value is -1.55. The smallest absolute Gasteiger partial charge is 0.335 e. The van der Waals surface area contributed by atoms with Gasteiger partial charge in [0.15, 0.2) is 0 Å². The quantitative estimate of drug-likeness (QED) is 0.910. The summed E-state index contributed by atoms with van der Waals surface area (Å²) in [7, 11) is 2.12. The number of aromatic carboxylic acids is 1. The van der Waals surface area contributed by atoms with Gasteiger partial charge in [-0.1, -0.05) is 28.2 Å². The molecule has 0 amide bonds. The Morgan fingerprint density at radius 3 is 2.14 bits per heavy atom. The summed E-state index contributed by atoms with van der Waals surface area (Å²) in [6.45, 7) is 10.3. The average molecular weight is 292 g/mol. The maximum atomic E-state index is 11.3. The number of benzene rings is 1. The van der Waals surface area contributed by atoms with Gasteiger partial charge in [0.1, 0.15) is 0 Å². The lowest BCUT2D eigenvalue weighted by molar-refractivity contribution is 0.0696. The van der Waals surface area contributed by atoms with Crippen LogP contribution < -0.4 is 4.90 Å². The fraction of sp³-hybridized carbons (Fsp3) is 0.588. The maximum Gasteiger partial charge on any atom is 0.335 e. The molecule has 1 aliphatic rings. The van der Waals surface area contributed by atoms with Gasteiger partial charge in [-0.15, -0.1) is 0 Å². The minimum atomic E-state index is -0.855. The van der Waals surface area contributed by atoms with Crippen LogP contribution in [0.15, 0.2) is 18.2 Å². The van der Waals surface area contributed by atoms with Gasteiger partial charge in [0, 0.05) is 31.9 Å². The Morgan fingerprint density at radius 2 is 1.67 bits per heavy atom. The normalized spacial score (nSPS) is 16.5. The molecule has 4 heteroatoms. The molecular weight excluding hydrogens is 264 g/mol. The number of likely N-dealkylation sites (N-methyl/N-ethyl adjacent to an activating group) is 1. The molecule has 0 aromatic heterocycles. The van der Waals surface area contributed by atoms with Gasteiger partial charge in [0.25, 0.3) is 0 Å². The van der Waals surface area contributed by atoms with Crippen molar-refractivity contribution in [1.29, 1.82) is 0 Å². The molecule has 1 aromatic carbocycles. The second-order valence-corrected chi connectivity index (χ2v) is 6.61. The highest BCUT2D eigenvalue weighted by Crippen LogP contribution is 2.29. The Morgan fingerprint density at radius 1 is 1.10 bits per heavy atom. The Bertz CT molecular complexity index is 498. The van der Waals surface area contributed by atoms with E-state index in [1.54, 1.807) is 12.1 Å². The molecule has 21 heavy (non-hydrogen) atoms. The van der Waals surface area contributed by atoms with Gasteiger partial charge >= 0.3 is 5.97 Å². The van der Waals surface area contributed by atoms with Crippen molar-refractivity contribution in [2.45, 2.75) is 33.6 Å². The van der Waals surface area contributed by atoms with Crippen LogP contribution in [0, 0.1) is 0 Å². The summed E-state index contributed by atoms with van der Waals surface area (Å²) in [6, 6.07) is 5.72. The van der Waals surface area contributed by atoms with E-state index in [1.807, 2.05) is 0 Å². The number of anilines is 1. The first-order chi connectivity index (χ1) is 9.27. The summed E-state index contributed by atoms with van der Waals surface area (Å²) < 4.78 is 0. The number of nitrogens with zero attached hydrogens (tertiary/aromatic N) is 2. The van der Waals surface area contributed by atoms with Gasteiger partial charge < -0.3 is 14.9 Å². The van der Waals surface area contributed by atoms with Crippen molar-refractivity contribution in [2.75, 3.05) is 38.1 Å². The van der Waals surface area contributed by atoms with Crippen LogP contribution in [0.4, 0.5) is 5.69 Å². The van der Waals surface area contributed by atoms with Crippen LogP contribution in [-0.2, 0) is 5.41 Å². The van der Waals surface area contributed by atoms with Crippen molar-refractivity contribution in [2.24, 2.45) is 0 Å². The SMILES string of the molecule is C.CN1CCN(c2cc(C(=O)O)cc(C(C)(C)C)c2)CC1. The number of hydrogen-bond donors (Lipinski definition) is 1. The van der Waals surface area contributed by atoms with Crippen molar-refractivity contribution in [3.05, 3.63) is 29.3 Å². The van der Waals surface area contributed by atoms with Gasteiger partial charge in [-0.2, -0.15) is 0 Å². The van der Waals surface area contributed by atoms with Crippen LogP contribution in [-0.4, -0.2) is 49.2 Å². The van der Waals surface area contributed by atoms with Crippen molar-refractivity contribution in [3.63, 3.8) is 0 Å². The molecule has 118 valence electrons. The largest absolute Gasteiger partial charge is 0.478 e. The zero-order valence-corrected chi connectivity index (χ0v) is 12.8. The highest BCUT2D eigenvalue weighted by molar-refractivity contribution is 5.89. The Labute approximate surface area is 128 Å². The van der Waals surface area contributed by atoms with E-state index in [0.29, 0.717) is 5.56 Å². The molecule has 0 unspecified atom stereocenters. The van der Waals surface area contributed by atoms with Gasteiger partial charge in [-0.3, -0.25) is 0 Å². The van der Waals surface area contributed by atoms with Crippen molar-refractivity contribution < 1.29 is 9.90 Å². The number of carboxylic acids is 1. The third-order valence-corrected chi connectivity index (χ3v) is 3.90. The predicted molar refractivity (Wildman–Crippen MR) is 88.5 cm³/mol. The van der Waals surface area contributed by atoms with Gasteiger partial charge in [0.2, 0.25) is 0 Å². The first-order valence-corrected chi connectivity index (χ1v) is 7.10. The highest BCUT2D eigenvalue weighted by atomic mass is 16.4. The van der Waals surface area contributed by atoms with E-state index in [-0.39, 0.29) is 12.8 Å². The van der Waals surface area contributed by atoms with E-state index in [9.17, 15) is 9.90 Å². The van der Waals surface area contributed by atoms with Gasteiger partial charge in [0.05, 0.1) is 5.56 Å². The van der Waals surface area contributed by atoms with Crippen molar-refractivity contribution in [3.8, 4) is 0 Å².